The summed E-state index contributed by atoms with van der Waals surface area (Å²) < 4.78 is 4.80. The lowest BCUT2D eigenvalue weighted by Crippen LogP contribution is -2.05. The minimum Gasteiger partial charge on any atom is -0.386 e. The Balaban J connectivity index is 2.15. The van der Waals surface area contributed by atoms with Crippen LogP contribution in [0.3, 0.4) is 0 Å². The van der Waals surface area contributed by atoms with Crippen molar-refractivity contribution in [1.82, 2.24) is 0 Å². The van der Waals surface area contributed by atoms with Gasteiger partial charge < -0.3 is 4.74 Å². The highest BCUT2D eigenvalue weighted by molar-refractivity contribution is 6.17. The summed E-state index contributed by atoms with van der Waals surface area (Å²) in [6.07, 6.45) is 6.17. The molecular formula is C14H12O3. The first-order valence-electron chi connectivity index (χ1n) is 6.23. The van der Waals surface area contributed by atoms with E-state index in [-0.39, 0.29) is 0 Å². The molecule has 0 spiro atoms. The molecule has 3 heteroatoms. The molecule has 0 unspecified atom stereocenters. The predicted octanol–water partition coefficient (Wildman–Crippen LogP) is 1.97. The first-order chi connectivity index (χ1) is 8.27. The topological polar surface area (TPSA) is 43.4 Å². The van der Waals surface area contributed by atoms with Gasteiger partial charge in [-0.05, 0) is 60.8 Å². The van der Waals surface area contributed by atoms with Crippen LogP contribution in [-0.2, 0) is 30.4 Å². The lowest BCUT2D eigenvalue weighted by molar-refractivity contribution is 0.0443. The lowest BCUT2D eigenvalue weighted by Gasteiger charge is -2.11. The molecule has 0 amide bonds. The van der Waals surface area contributed by atoms with Crippen LogP contribution < -0.4 is 0 Å². The number of ether oxygens (including phenoxy) is 1. The smallest absolute Gasteiger partial charge is 0.347 e. The third-order valence-corrected chi connectivity index (χ3v) is 4.25. The van der Waals surface area contributed by atoms with Gasteiger partial charge in [0.15, 0.2) is 0 Å². The third-order valence-electron chi connectivity index (χ3n) is 4.25. The Morgan fingerprint density at radius 1 is 0.647 bits per heavy atom. The molecule has 0 atom stereocenters. The number of benzene rings is 1. The van der Waals surface area contributed by atoms with Gasteiger partial charge in [-0.15, -0.1) is 0 Å². The van der Waals surface area contributed by atoms with Crippen molar-refractivity contribution in [3.63, 3.8) is 0 Å². The maximum Gasteiger partial charge on any atom is 0.347 e. The first-order valence-corrected chi connectivity index (χ1v) is 6.23. The highest BCUT2D eigenvalue weighted by Gasteiger charge is 2.40. The fraction of sp³-hybridized carbons (Fsp3) is 0.429. The van der Waals surface area contributed by atoms with Crippen molar-refractivity contribution >= 4 is 11.9 Å². The van der Waals surface area contributed by atoms with Crippen molar-refractivity contribution in [2.75, 3.05) is 0 Å². The minimum atomic E-state index is -0.419. The molecule has 3 aliphatic rings. The molecule has 0 aromatic heterocycles. The minimum absolute atomic E-state index is 0.419. The predicted molar refractivity (Wildman–Crippen MR) is 60.2 cm³/mol. The van der Waals surface area contributed by atoms with E-state index >= 15 is 0 Å². The van der Waals surface area contributed by atoms with Crippen LogP contribution in [0.1, 0.15) is 55.8 Å². The maximum atomic E-state index is 11.8. The van der Waals surface area contributed by atoms with Crippen LogP contribution in [0.25, 0.3) is 0 Å². The average molecular weight is 228 g/mol. The largest absolute Gasteiger partial charge is 0.386 e. The van der Waals surface area contributed by atoms with Gasteiger partial charge in [0.25, 0.3) is 0 Å². The fourth-order valence-corrected chi connectivity index (χ4v) is 3.64. The van der Waals surface area contributed by atoms with Crippen LogP contribution in [0, 0.1) is 0 Å². The molecular weight excluding hydrogens is 216 g/mol. The molecule has 0 bridgehead atoms. The van der Waals surface area contributed by atoms with Crippen molar-refractivity contribution < 1.29 is 14.3 Å². The van der Waals surface area contributed by atoms with Gasteiger partial charge >= 0.3 is 11.9 Å². The number of cyclic esters (lactones) is 2. The molecule has 0 radical (unpaired) electrons. The Morgan fingerprint density at radius 3 is 1.53 bits per heavy atom. The molecule has 0 saturated heterocycles. The van der Waals surface area contributed by atoms with E-state index in [1.807, 2.05) is 0 Å². The van der Waals surface area contributed by atoms with Crippen LogP contribution in [0.4, 0.5) is 0 Å². The molecule has 86 valence electrons. The van der Waals surface area contributed by atoms with Crippen molar-refractivity contribution in [2.24, 2.45) is 0 Å². The van der Waals surface area contributed by atoms with Crippen LogP contribution in [0.15, 0.2) is 0 Å². The molecule has 1 aliphatic heterocycles. The van der Waals surface area contributed by atoms with E-state index < -0.39 is 11.9 Å². The zero-order valence-electron chi connectivity index (χ0n) is 9.47. The number of esters is 2. The van der Waals surface area contributed by atoms with Gasteiger partial charge in [0, 0.05) is 0 Å². The van der Waals surface area contributed by atoms with Gasteiger partial charge in [0.05, 0.1) is 11.1 Å². The van der Waals surface area contributed by atoms with E-state index in [1.54, 1.807) is 0 Å². The average Bonchev–Trinajstić information content (AvgIpc) is 2.96. The highest BCUT2D eigenvalue weighted by atomic mass is 16.6. The summed E-state index contributed by atoms with van der Waals surface area (Å²) in [6, 6.07) is 0. The number of hydrogen-bond acceptors (Lipinski definition) is 3. The molecule has 2 aliphatic carbocycles. The van der Waals surface area contributed by atoms with Gasteiger partial charge in [0.2, 0.25) is 0 Å². The Bertz CT molecular complexity index is 533. The van der Waals surface area contributed by atoms with Gasteiger partial charge in [-0.25, -0.2) is 9.59 Å². The van der Waals surface area contributed by atoms with Crippen LogP contribution in [0.2, 0.25) is 0 Å². The van der Waals surface area contributed by atoms with Crippen LogP contribution >= 0.6 is 0 Å². The molecule has 17 heavy (non-hydrogen) atoms. The molecule has 1 aromatic carbocycles. The van der Waals surface area contributed by atoms with Gasteiger partial charge in [-0.1, -0.05) is 0 Å². The molecule has 4 rings (SSSR count). The molecule has 0 saturated carbocycles. The zero-order chi connectivity index (χ0) is 11.6. The summed E-state index contributed by atoms with van der Waals surface area (Å²) in [7, 11) is 0. The first kappa shape index (κ1) is 9.40. The molecule has 0 fully saturated rings. The van der Waals surface area contributed by atoms with E-state index in [0.29, 0.717) is 11.1 Å². The fourth-order valence-electron chi connectivity index (χ4n) is 3.64. The van der Waals surface area contributed by atoms with E-state index in [9.17, 15) is 9.59 Å². The Kier molecular flexibility index (Phi) is 1.64. The third kappa shape index (κ3) is 1.02. The van der Waals surface area contributed by atoms with Gasteiger partial charge in [0.1, 0.15) is 0 Å². The Morgan fingerprint density at radius 2 is 1.06 bits per heavy atom. The Hall–Kier alpha value is -1.64. The van der Waals surface area contributed by atoms with Crippen molar-refractivity contribution in [3.05, 3.63) is 33.4 Å². The number of carbonyl (C=O) groups is 2. The van der Waals surface area contributed by atoms with Crippen LogP contribution in [0.5, 0.6) is 0 Å². The second-order valence-corrected chi connectivity index (χ2v) is 5.05. The quantitative estimate of drug-likeness (QED) is 0.503. The van der Waals surface area contributed by atoms with Crippen molar-refractivity contribution in [1.29, 1.82) is 0 Å². The summed E-state index contributed by atoms with van der Waals surface area (Å²) in [5, 5.41) is 0. The summed E-state index contributed by atoms with van der Waals surface area (Å²) in [6.45, 7) is 0. The van der Waals surface area contributed by atoms with E-state index in [1.165, 1.54) is 11.1 Å². The molecule has 0 N–H and O–H groups in total. The monoisotopic (exact) mass is 228 g/mol. The highest BCUT2D eigenvalue weighted by Crippen LogP contribution is 2.41. The van der Waals surface area contributed by atoms with E-state index in [2.05, 4.69) is 0 Å². The van der Waals surface area contributed by atoms with Gasteiger partial charge in [-0.2, -0.15) is 0 Å². The van der Waals surface area contributed by atoms with E-state index in [0.717, 1.165) is 49.7 Å². The molecule has 1 heterocycles. The normalized spacial score (nSPS) is 20.2. The summed E-state index contributed by atoms with van der Waals surface area (Å²) in [5.41, 5.74) is 6.12. The van der Waals surface area contributed by atoms with Crippen molar-refractivity contribution in [3.8, 4) is 0 Å². The number of hydrogen-bond donors (Lipinski definition) is 0. The molecule has 3 nitrogen and oxygen atoms in total. The number of carbonyl (C=O) groups excluding carboxylic acids is 2. The van der Waals surface area contributed by atoms with Gasteiger partial charge in [-0.3, -0.25) is 0 Å². The SMILES string of the molecule is O=C1OC(=O)c2c3c(c4c(c21)CCC4)CCC3. The number of rotatable bonds is 0. The zero-order valence-corrected chi connectivity index (χ0v) is 9.47. The lowest BCUT2D eigenvalue weighted by atomic mass is 9.90. The number of fused-ring (bicyclic) bond motifs is 6. The summed E-state index contributed by atoms with van der Waals surface area (Å²) in [5.74, 6) is -0.837. The second-order valence-electron chi connectivity index (χ2n) is 5.05. The summed E-state index contributed by atoms with van der Waals surface area (Å²) >= 11 is 0. The van der Waals surface area contributed by atoms with Crippen LogP contribution in [-0.4, -0.2) is 11.9 Å². The summed E-state index contributed by atoms with van der Waals surface area (Å²) in [4.78, 5) is 23.6. The second kappa shape index (κ2) is 2.97. The van der Waals surface area contributed by atoms with Crippen molar-refractivity contribution in [2.45, 2.75) is 38.5 Å². The Labute approximate surface area is 98.8 Å². The maximum absolute atomic E-state index is 11.8. The van der Waals surface area contributed by atoms with E-state index in [4.69, 9.17) is 4.74 Å². The molecule has 1 aromatic rings. The standard InChI is InChI=1S/C14H12O3/c15-13-11-9-5-1-3-7(9)8-4-2-6-10(8)12(11)14(16)17-13/h1-6H2.